The van der Waals surface area contributed by atoms with Crippen LogP contribution in [0.2, 0.25) is 0 Å². The molecule has 5 nitrogen and oxygen atoms in total. The molecule has 0 spiro atoms. The van der Waals surface area contributed by atoms with Crippen LogP contribution in [0.3, 0.4) is 0 Å². The molecule has 0 aliphatic rings. The van der Waals surface area contributed by atoms with Gasteiger partial charge in [-0.1, -0.05) is 18.2 Å². The van der Waals surface area contributed by atoms with Gasteiger partial charge < -0.3 is 10.1 Å². The zero-order valence-electron chi connectivity index (χ0n) is 11.9. The van der Waals surface area contributed by atoms with Gasteiger partial charge in [0.05, 0.1) is 5.56 Å². The first kappa shape index (κ1) is 14.7. The lowest BCUT2D eigenvalue weighted by Gasteiger charge is -2.11. The molecule has 2 rings (SSSR count). The number of nitrogens with zero attached hydrogens (tertiary/aromatic N) is 1. The van der Waals surface area contributed by atoms with E-state index in [1.165, 1.54) is 24.5 Å². The number of rotatable bonds is 4. The fourth-order valence-electron chi connectivity index (χ4n) is 1.89. The number of esters is 1. The lowest BCUT2D eigenvalue weighted by molar-refractivity contribution is -0.119. The molecule has 21 heavy (non-hydrogen) atoms. The Balaban J connectivity index is 1.92. The number of aryl methyl sites for hydroxylation is 2. The second kappa shape index (κ2) is 6.65. The Kier molecular flexibility index (Phi) is 4.66. The quantitative estimate of drug-likeness (QED) is 0.876. The fraction of sp³-hybridized carbons (Fsp3) is 0.188. The SMILES string of the molecule is Cc1cccc(C)c1NC(=O)COC(=O)c1ccncc1. The highest BCUT2D eigenvalue weighted by Gasteiger charge is 2.11. The molecule has 0 aliphatic heterocycles. The van der Waals surface area contributed by atoms with E-state index in [1.54, 1.807) is 0 Å². The van der Waals surface area contributed by atoms with Gasteiger partial charge in [-0.05, 0) is 37.1 Å². The zero-order chi connectivity index (χ0) is 15.2. The Morgan fingerprint density at radius 1 is 1.10 bits per heavy atom. The largest absolute Gasteiger partial charge is 0.452 e. The van der Waals surface area contributed by atoms with Gasteiger partial charge in [0.1, 0.15) is 0 Å². The molecule has 0 saturated heterocycles. The highest BCUT2D eigenvalue weighted by molar-refractivity contribution is 5.96. The average molecular weight is 284 g/mol. The number of hydrogen-bond acceptors (Lipinski definition) is 4. The Morgan fingerprint density at radius 3 is 2.33 bits per heavy atom. The monoisotopic (exact) mass is 284 g/mol. The van der Waals surface area contributed by atoms with Crippen LogP contribution in [0.4, 0.5) is 5.69 Å². The van der Waals surface area contributed by atoms with Crippen LogP contribution in [-0.4, -0.2) is 23.5 Å². The van der Waals surface area contributed by atoms with Crippen molar-refractivity contribution in [3.05, 3.63) is 59.4 Å². The van der Waals surface area contributed by atoms with E-state index in [0.29, 0.717) is 5.56 Å². The maximum absolute atomic E-state index is 11.9. The van der Waals surface area contributed by atoms with Crippen molar-refractivity contribution in [2.24, 2.45) is 0 Å². The van der Waals surface area contributed by atoms with Crippen LogP contribution in [0.15, 0.2) is 42.7 Å². The van der Waals surface area contributed by atoms with Gasteiger partial charge in [-0.15, -0.1) is 0 Å². The highest BCUT2D eigenvalue weighted by Crippen LogP contribution is 2.19. The smallest absolute Gasteiger partial charge is 0.338 e. The zero-order valence-corrected chi connectivity index (χ0v) is 11.9. The van der Waals surface area contributed by atoms with Crippen molar-refractivity contribution < 1.29 is 14.3 Å². The van der Waals surface area contributed by atoms with Crippen LogP contribution in [0.1, 0.15) is 21.5 Å². The van der Waals surface area contributed by atoms with E-state index in [0.717, 1.165) is 16.8 Å². The third-order valence-electron chi connectivity index (χ3n) is 3.00. The topological polar surface area (TPSA) is 68.3 Å². The molecule has 0 atom stereocenters. The summed E-state index contributed by atoms with van der Waals surface area (Å²) in [6.45, 7) is 3.49. The van der Waals surface area contributed by atoms with Crippen LogP contribution < -0.4 is 5.32 Å². The number of para-hydroxylation sites is 1. The summed E-state index contributed by atoms with van der Waals surface area (Å²) in [5.41, 5.74) is 3.04. The molecule has 0 unspecified atom stereocenters. The van der Waals surface area contributed by atoms with Crippen molar-refractivity contribution in [2.45, 2.75) is 13.8 Å². The predicted octanol–water partition coefficient (Wildman–Crippen LogP) is 2.49. The van der Waals surface area contributed by atoms with Crippen molar-refractivity contribution in [3.8, 4) is 0 Å². The van der Waals surface area contributed by atoms with Crippen LogP contribution in [0.25, 0.3) is 0 Å². The normalized spacial score (nSPS) is 10.0. The summed E-state index contributed by atoms with van der Waals surface area (Å²) in [6, 6.07) is 8.80. The van der Waals surface area contributed by atoms with Crippen molar-refractivity contribution >= 4 is 17.6 Å². The Hall–Kier alpha value is -2.69. The van der Waals surface area contributed by atoms with Crippen LogP contribution >= 0.6 is 0 Å². The highest BCUT2D eigenvalue weighted by atomic mass is 16.5. The third-order valence-corrected chi connectivity index (χ3v) is 3.00. The second-order valence-corrected chi connectivity index (χ2v) is 4.63. The molecule has 1 amide bonds. The molecule has 0 fully saturated rings. The first-order valence-corrected chi connectivity index (χ1v) is 6.51. The average Bonchev–Trinajstić information content (AvgIpc) is 2.49. The minimum atomic E-state index is -0.547. The minimum absolute atomic E-state index is 0.324. The number of ether oxygens (including phenoxy) is 1. The van der Waals surface area contributed by atoms with Gasteiger partial charge in [0.15, 0.2) is 6.61 Å². The first-order chi connectivity index (χ1) is 10.1. The molecular formula is C16H16N2O3. The standard InChI is InChI=1S/C16H16N2O3/c1-11-4-3-5-12(2)15(11)18-14(19)10-21-16(20)13-6-8-17-9-7-13/h3-9H,10H2,1-2H3,(H,18,19). The molecule has 0 bridgehead atoms. The Bertz CT molecular complexity index is 634. The summed E-state index contributed by atoms with van der Waals surface area (Å²) in [4.78, 5) is 27.4. The number of pyridine rings is 1. The maximum Gasteiger partial charge on any atom is 0.338 e. The number of aromatic nitrogens is 1. The predicted molar refractivity (Wildman–Crippen MR) is 79.1 cm³/mol. The van der Waals surface area contributed by atoms with Crippen molar-refractivity contribution in [2.75, 3.05) is 11.9 Å². The Labute approximate surface area is 123 Å². The van der Waals surface area contributed by atoms with Crippen LogP contribution in [0.5, 0.6) is 0 Å². The second-order valence-electron chi connectivity index (χ2n) is 4.63. The number of nitrogens with one attached hydrogen (secondary N) is 1. The summed E-state index contributed by atoms with van der Waals surface area (Å²) in [7, 11) is 0. The maximum atomic E-state index is 11.9. The summed E-state index contributed by atoms with van der Waals surface area (Å²) in [5, 5.41) is 2.76. The molecule has 1 aromatic heterocycles. The van der Waals surface area contributed by atoms with Gasteiger partial charge in [0.2, 0.25) is 0 Å². The number of amides is 1. The lowest BCUT2D eigenvalue weighted by Crippen LogP contribution is -2.21. The molecular weight excluding hydrogens is 268 g/mol. The lowest BCUT2D eigenvalue weighted by atomic mass is 10.1. The first-order valence-electron chi connectivity index (χ1n) is 6.51. The molecule has 108 valence electrons. The summed E-state index contributed by atoms with van der Waals surface area (Å²) in [5.74, 6) is -0.913. The van der Waals surface area contributed by atoms with E-state index in [2.05, 4.69) is 10.3 Å². The van der Waals surface area contributed by atoms with E-state index in [4.69, 9.17) is 4.74 Å². The van der Waals surface area contributed by atoms with Gasteiger partial charge in [-0.2, -0.15) is 0 Å². The van der Waals surface area contributed by atoms with E-state index in [1.807, 2.05) is 32.0 Å². The minimum Gasteiger partial charge on any atom is -0.452 e. The molecule has 1 heterocycles. The van der Waals surface area contributed by atoms with Gasteiger partial charge in [0, 0.05) is 18.1 Å². The van der Waals surface area contributed by atoms with E-state index in [9.17, 15) is 9.59 Å². The molecule has 0 radical (unpaired) electrons. The van der Waals surface area contributed by atoms with Crippen LogP contribution in [-0.2, 0) is 9.53 Å². The number of benzene rings is 1. The number of carbonyl (C=O) groups is 2. The number of carbonyl (C=O) groups excluding carboxylic acids is 2. The van der Waals surface area contributed by atoms with Gasteiger partial charge in [0.25, 0.3) is 5.91 Å². The molecule has 1 aromatic carbocycles. The van der Waals surface area contributed by atoms with Crippen LogP contribution in [0, 0.1) is 13.8 Å². The number of hydrogen-bond donors (Lipinski definition) is 1. The summed E-state index contributed by atoms with van der Waals surface area (Å²) < 4.78 is 4.96. The van der Waals surface area contributed by atoms with Crippen molar-refractivity contribution in [3.63, 3.8) is 0 Å². The van der Waals surface area contributed by atoms with Gasteiger partial charge in [-0.25, -0.2) is 4.79 Å². The molecule has 1 N–H and O–H groups in total. The molecule has 0 saturated carbocycles. The summed E-state index contributed by atoms with van der Waals surface area (Å²) >= 11 is 0. The molecule has 2 aromatic rings. The summed E-state index contributed by atoms with van der Waals surface area (Å²) in [6.07, 6.45) is 2.99. The molecule has 0 aliphatic carbocycles. The Morgan fingerprint density at radius 2 is 1.71 bits per heavy atom. The van der Waals surface area contributed by atoms with Crippen molar-refractivity contribution in [1.29, 1.82) is 0 Å². The van der Waals surface area contributed by atoms with Gasteiger partial charge >= 0.3 is 5.97 Å². The number of anilines is 1. The fourth-order valence-corrected chi connectivity index (χ4v) is 1.89. The van der Waals surface area contributed by atoms with E-state index >= 15 is 0 Å². The van der Waals surface area contributed by atoms with E-state index < -0.39 is 5.97 Å². The van der Waals surface area contributed by atoms with Gasteiger partial charge in [-0.3, -0.25) is 9.78 Å². The van der Waals surface area contributed by atoms with E-state index in [-0.39, 0.29) is 12.5 Å². The van der Waals surface area contributed by atoms with Crippen molar-refractivity contribution in [1.82, 2.24) is 4.98 Å². The third kappa shape index (κ3) is 3.89. The molecule has 5 heteroatoms.